The zero-order chi connectivity index (χ0) is 15.2. The van der Waals surface area contributed by atoms with E-state index in [-0.39, 0.29) is 11.4 Å². The van der Waals surface area contributed by atoms with E-state index in [2.05, 4.69) is 17.2 Å². The molecule has 0 heterocycles. The van der Waals surface area contributed by atoms with Gasteiger partial charge in [-0.3, -0.25) is 4.79 Å². The lowest BCUT2D eigenvalue weighted by atomic mass is 10.1. The minimum atomic E-state index is -0.186. The van der Waals surface area contributed by atoms with E-state index in [1.54, 1.807) is 18.2 Å². The first-order valence-corrected chi connectivity index (χ1v) is 7.20. The number of rotatable bonds is 7. The quantitative estimate of drug-likeness (QED) is 0.595. The summed E-state index contributed by atoms with van der Waals surface area (Å²) < 4.78 is 0. The number of hydrogen-bond acceptors (Lipinski definition) is 2. The van der Waals surface area contributed by atoms with Gasteiger partial charge in [-0.15, -0.1) is 6.58 Å². The number of benzene rings is 1. The summed E-state index contributed by atoms with van der Waals surface area (Å²) in [5, 5.41) is 7.05. The third-order valence-electron chi connectivity index (χ3n) is 2.82. The van der Waals surface area contributed by atoms with Crippen molar-refractivity contribution in [1.29, 1.82) is 0 Å². The van der Waals surface area contributed by atoms with Crippen molar-refractivity contribution in [2.75, 3.05) is 13.1 Å². The van der Waals surface area contributed by atoms with Crippen LogP contribution in [-0.2, 0) is 0 Å². The highest BCUT2D eigenvalue weighted by Gasteiger charge is 2.18. The summed E-state index contributed by atoms with van der Waals surface area (Å²) in [7, 11) is 0. The molecule has 2 N–H and O–H groups in total. The Kier molecular flexibility index (Phi) is 6.53. The normalized spacial score (nSPS) is 11.2. The highest BCUT2D eigenvalue weighted by molar-refractivity contribution is 6.42. The van der Waals surface area contributed by atoms with Crippen LogP contribution < -0.4 is 10.6 Å². The molecule has 0 bridgehead atoms. The SMILES string of the molecule is C=CCCNC(C)(C)CNC(=O)c1ccc(Cl)c(Cl)c1. The van der Waals surface area contributed by atoms with Gasteiger partial charge in [-0.25, -0.2) is 0 Å². The summed E-state index contributed by atoms with van der Waals surface area (Å²) in [5.41, 5.74) is 0.316. The van der Waals surface area contributed by atoms with Crippen LogP contribution in [0.25, 0.3) is 0 Å². The van der Waals surface area contributed by atoms with E-state index < -0.39 is 0 Å². The fraction of sp³-hybridized carbons (Fsp3) is 0.400. The number of carbonyl (C=O) groups excluding carboxylic acids is 1. The Labute approximate surface area is 130 Å². The summed E-state index contributed by atoms with van der Waals surface area (Å²) in [6, 6.07) is 4.84. The molecule has 0 saturated carbocycles. The highest BCUT2D eigenvalue weighted by Crippen LogP contribution is 2.22. The molecule has 3 nitrogen and oxygen atoms in total. The van der Waals surface area contributed by atoms with Crippen LogP contribution in [0.4, 0.5) is 0 Å². The average molecular weight is 315 g/mol. The first-order chi connectivity index (χ1) is 9.35. The van der Waals surface area contributed by atoms with Gasteiger partial charge in [-0.05, 0) is 45.0 Å². The molecule has 1 amide bonds. The van der Waals surface area contributed by atoms with Crippen LogP contribution in [0.3, 0.4) is 0 Å². The second-order valence-corrected chi connectivity index (χ2v) is 6.01. The van der Waals surface area contributed by atoms with Crippen LogP contribution in [0.1, 0.15) is 30.6 Å². The molecule has 1 rings (SSSR count). The lowest BCUT2D eigenvalue weighted by Gasteiger charge is -2.26. The van der Waals surface area contributed by atoms with Crippen molar-refractivity contribution in [3.8, 4) is 0 Å². The van der Waals surface area contributed by atoms with Gasteiger partial charge >= 0.3 is 0 Å². The van der Waals surface area contributed by atoms with Crippen LogP contribution in [-0.4, -0.2) is 24.5 Å². The molecule has 0 spiro atoms. The molecule has 0 unspecified atom stereocenters. The van der Waals surface area contributed by atoms with Gasteiger partial charge in [-0.1, -0.05) is 29.3 Å². The van der Waals surface area contributed by atoms with E-state index in [1.807, 2.05) is 19.9 Å². The van der Waals surface area contributed by atoms with Crippen molar-refractivity contribution in [3.05, 3.63) is 46.5 Å². The van der Waals surface area contributed by atoms with Crippen LogP contribution in [0.15, 0.2) is 30.9 Å². The molecule has 0 aliphatic rings. The van der Waals surface area contributed by atoms with Crippen molar-refractivity contribution in [2.24, 2.45) is 0 Å². The van der Waals surface area contributed by atoms with E-state index in [9.17, 15) is 4.79 Å². The smallest absolute Gasteiger partial charge is 0.251 e. The summed E-state index contributed by atoms with van der Waals surface area (Å²) >= 11 is 11.7. The van der Waals surface area contributed by atoms with Gasteiger partial charge in [0.2, 0.25) is 0 Å². The van der Waals surface area contributed by atoms with Gasteiger partial charge in [0.05, 0.1) is 10.0 Å². The number of nitrogens with one attached hydrogen (secondary N) is 2. The number of carbonyl (C=O) groups is 1. The number of amides is 1. The third-order valence-corrected chi connectivity index (χ3v) is 3.56. The van der Waals surface area contributed by atoms with E-state index in [0.29, 0.717) is 22.2 Å². The minimum Gasteiger partial charge on any atom is -0.350 e. The maximum Gasteiger partial charge on any atom is 0.251 e. The Hall–Kier alpha value is -1.03. The monoisotopic (exact) mass is 314 g/mol. The summed E-state index contributed by atoms with van der Waals surface area (Å²) in [4.78, 5) is 12.0. The molecular formula is C15H20Cl2N2O. The predicted octanol–water partition coefficient (Wildman–Crippen LogP) is 3.67. The van der Waals surface area contributed by atoms with Crippen LogP contribution in [0, 0.1) is 0 Å². The average Bonchev–Trinajstić information content (AvgIpc) is 2.39. The Morgan fingerprint density at radius 1 is 1.35 bits per heavy atom. The van der Waals surface area contributed by atoms with Crippen molar-refractivity contribution < 1.29 is 4.79 Å². The van der Waals surface area contributed by atoms with Crippen molar-refractivity contribution >= 4 is 29.1 Å². The zero-order valence-electron chi connectivity index (χ0n) is 11.8. The number of halogens is 2. The van der Waals surface area contributed by atoms with Gasteiger partial charge in [0, 0.05) is 17.6 Å². The lowest BCUT2D eigenvalue weighted by molar-refractivity contribution is 0.0942. The van der Waals surface area contributed by atoms with E-state index >= 15 is 0 Å². The molecule has 0 radical (unpaired) electrons. The zero-order valence-corrected chi connectivity index (χ0v) is 13.3. The Morgan fingerprint density at radius 2 is 2.05 bits per heavy atom. The first-order valence-electron chi connectivity index (χ1n) is 6.45. The maximum absolute atomic E-state index is 12.0. The van der Waals surface area contributed by atoms with Crippen molar-refractivity contribution in [1.82, 2.24) is 10.6 Å². The number of hydrogen-bond donors (Lipinski definition) is 2. The summed E-state index contributed by atoms with van der Waals surface area (Å²) in [6.45, 7) is 9.09. The van der Waals surface area contributed by atoms with Gasteiger partial charge < -0.3 is 10.6 Å². The molecule has 0 aromatic heterocycles. The second kappa shape index (κ2) is 7.67. The molecule has 1 aromatic carbocycles. The van der Waals surface area contributed by atoms with Crippen LogP contribution in [0.5, 0.6) is 0 Å². The molecule has 110 valence electrons. The summed E-state index contributed by atoms with van der Waals surface area (Å²) in [5.74, 6) is -0.165. The topological polar surface area (TPSA) is 41.1 Å². The van der Waals surface area contributed by atoms with Crippen molar-refractivity contribution in [3.63, 3.8) is 0 Å². The maximum atomic E-state index is 12.0. The Morgan fingerprint density at radius 3 is 2.65 bits per heavy atom. The van der Waals surface area contributed by atoms with Gasteiger partial charge in [0.15, 0.2) is 0 Å². The van der Waals surface area contributed by atoms with Gasteiger partial charge in [-0.2, -0.15) is 0 Å². The molecule has 5 heteroatoms. The molecular weight excluding hydrogens is 295 g/mol. The molecule has 20 heavy (non-hydrogen) atoms. The van der Waals surface area contributed by atoms with Gasteiger partial charge in [0.25, 0.3) is 5.91 Å². The molecule has 0 aliphatic carbocycles. The molecule has 0 aliphatic heterocycles. The van der Waals surface area contributed by atoms with Crippen LogP contribution in [0.2, 0.25) is 10.0 Å². The van der Waals surface area contributed by atoms with Crippen molar-refractivity contribution in [2.45, 2.75) is 25.8 Å². The second-order valence-electron chi connectivity index (χ2n) is 5.20. The Balaban J connectivity index is 2.53. The molecule has 0 fully saturated rings. The van der Waals surface area contributed by atoms with E-state index in [4.69, 9.17) is 23.2 Å². The van der Waals surface area contributed by atoms with E-state index in [1.165, 1.54) is 0 Å². The highest BCUT2D eigenvalue weighted by atomic mass is 35.5. The fourth-order valence-corrected chi connectivity index (χ4v) is 1.91. The minimum absolute atomic E-state index is 0.165. The summed E-state index contributed by atoms with van der Waals surface area (Å²) in [6.07, 6.45) is 2.75. The molecule has 1 aromatic rings. The fourth-order valence-electron chi connectivity index (χ4n) is 1.62. The lowest BCUT2D eigenvalue weighted by Crippen LogP contribution is -2.49. The van der Waals surface area contributed by atoms with E-state index in [0.717, 1.165) is 13.0 Å². The predicted molar refractivity (Wildman–Crippen MR) is 85.7 cm³/mol. The third kappa shape index (κ3) is 5.53. The van der Waals surface area contributed by atoms with Gasteiger partial charge in [0.1, 0.15) is 0 Å². The first kappa shape index (κ1) is 17.0. The Bertz CT molecular complexity index is 487. The van der Waals surface area contributed by atoms with Crippen LogP contribution >= 0.6 is 23.2 Å². The molecule has 0 atom stereocenters. The largest absolute Gasteiger partial charge is 0.350 e. The standard InChI is InChI=1S/C15H20Cl2N2O/c1-4-5-8-19-15(2,3)10-18-14(20)11-6-7-12(16)13(17)9-11/h4,6-7,9,19H,1,5,8,10H2,2-3H3,(H,18,20). The molecule has 0 saturated heterocycles.